The summed E-state index contributed by atoms with van der Waals surface area (Å²) in [6.45, 7) is 4.15. The van der Waals surface area contributed by atoms with Crippen LogP contribution >= 0.6 is 0 Å². The summed E-state index contributed by atoms with van der Waals surface area (Å²) in [5.74, 6) is -9.24. The van der Waals surface area contributed by atoms with Gasteiger partial charge in [-0.25, -0.2) is 0 Å². The number of hydrogen-bond donors (Lipinski definition) is 5. The van der Waals surface area contributed by atoms with E-state index >= 15 is 0 Å². The fraction of sp³-hybridized carbons (Fsp3) is 0.486. The van der Waals surface area contributed by atoms with Gasteiger partial charge in [0.15, 0.2) is 18.7 Å². The molecule has 1 aromatic rings. The number of carbonyl (C=O) groups excluding carboxylic acids is 5. The molecule has 0 unspecified atom stereocenters. The number of aliphatic carboxylic acids is 1. The highest BCUT2D eigenvalue weighted by atomic mass is 19.4. The number of nitrogens with one attached hydrogen (secondary N) is 1. The number of esters is 1. The van der Waals surface area contributed by atoms with Gasteiger partial charge in [-0.3, -0.25) is 28.8 Å². The zero-order valence-corrected chi connectivity index (χ0v) is 28.6. The number of phenols is 2. The van der Waals surface area contributed by atoms with Crippen LogP contribution in [-0.2, 0) is 44.5 Å². The molecule has 1 saturated heterocycles. The Hall–Kier alpha value is -5.07. The fourth-order valence-electron chi connectivity index (χ4n) is 6.39. The van der Waals surface area contributed by atoms with E-state index < -0.39 is 132 Å². The van der Waals surface area contributed by atoms with Crippen LogP contribution in [0.1, 0.15) is 89.8 Å². The molecule has 288 valence electrons. The molecule has 1 aromatic carbocycles. The summed E-state index contributed by atoms with van der Waals surface area (Å²) >= 11 is 0. The summed E-state index contributed by atoms with van der Waals surface area (Å²) in [6, 6.07) is -1.14. The van der Waals surface area contributed by atoms with E-state index in [9.17, 15) is 57.3 Å². The van der Waals surface area contributed by atoms with Gasteiger partial charge in [0.25, 0.3) is 0 Å². The van der Waals surface area contributed by atoms with Crippen molar-refractivity contribution in [1.82, 2.24) is 5.32 Å². The number of alkyl halides is 3. The third-order valence-electron chi connectivity index (χ3n) is 8.93. The largest absolute Gasteiger partial charge is 0.507 e. The number of carboxylic acid groups (broad SMARTS) is 1. The topological polar surface area (TPSA) is 232 Å². The number of ether oxygens (including phenoxy) is 4. The van der Waals surface area contributed by atoms with Gasteiger partial charge >= 0.3 is 24.0 Å². The van der Waals surface area contributed by atoms with E-state index in [-0.39, 0.29) is 42.6 Å². The summed E-state index contributed by atoms with van der Waals surface area (Å²) in [5, 5.41) is 45.9. The molecule has 1 fully saturated rings. The van der Waals surface area contributed by atoms with Crippen molar-refractivity contribution in [3.63, 3.8) is 0 Å². The van der Waals surface area contributed by atoms with Crippen molar-refractivity contribution in [3.05, 3.63) is 58.4 Å². The molecule has 4 rings (SSSR count). The Labute approximate surface area is 300 Å². The van der Waals surface area contributed by atoms with Gasteiger partial charge in [0.2, 0.25) is 11.6 Å². The zero-order valence-electron chi connectivity index (χ0n) is 28.6. The van der Waals surface area contributed by atoms with Gasteiger partial charge in [-0.15, -0.1) is 0 Å². The molecule has 2 aliphatic carbocycles. The lowest BCUT2D eigenvalue weighted by Gasteiger charge is -2.41. The molecule has 1 heterocycles. The van der Waals surface area contributed by atoms with Crippen molar-refractivity contribution in [2.45, 2.75) is 94.6 Å². The van der Waals surface area contributed by atoms with Gasteiger partial charge in [-0.2, -0.15) is 13.2 Å². The molecule has 3 aliphatic rings. The van der Waals surface area contributed by atoms with Crippen molar-refractivity contribution in [3.8, 4) is 11.5 Å². The second-order valence-electron chi connectivity index (χ2n) is 12.8. The van der Waals surface area contributed by atoms with E-state index in [1.807, 2.05) is 5.32 Å². The number of phenolic OH excluding ortho intramolecular Hbond substituents is 2. The molecule has 5 atom stereocenters. The summed E-state index contributed by atoms with van der Waals surface area (Å²) in [5.41, 5.74) is -5.05. The van der Waals surface area contributed by atoms with E-state index in [0.29, 0.717) is 0 Å². The smallest absolute Gasteiger partial charge is 0.471 e. The standard InChI is InChI=1S/C35H38F3NO14/c1-16-11-18(39-33(48)35(36,37)38)12-26(52-16)53-22-14-34(49,23(41)15-51-25(44)10-6-9-24(42)43)13-19-27(22)32(47)29-28(31(19)46)20(40)7-4-5-8-21(50-3)17(2)30(29)45/h4-5,8,16,18,22,26,46-47,49H,2,6-7,9-15H2,1,3H3,(H,39,48)(H,42,43)/b5-4-,21-8?/t16-,18+,22-,26-,34-/m0/s1. The Balaban J connectivity index is 1.79. The summed E-state index contributed by atoms with van der Waals surface area (Å²) < 4.78 is 61.1. The Bertz CT molecular complexity index is 1770. The molecule has 0 bridgehead atoms. The SMILES string of the molecule is C=C1C(=O)c2c(O)c3c(c(O)c2C(=O)C/C=C\C=C1OC)C[C@@](O)(C(=O)COC(=O)CCCC(=O)O)C[C@@H]3O[C@H]1C[C@H](NC(=O)C(F)(F)F)C[C@H](C)O1. The lowest BCUT2D eigenvalue weighted by atomic mass is 9.73. The van der Waals surface area contributed by atoms with Crippen molar-refractivity contribution in [2.24, 2.45) is 0 Å². The Morgan fingerprint density at radius 3 is 2.43 bits per heavy atom. The van der Waals surface area contributed by atoms with Crippen LogP contribution in [0.15, 0.2) is 36.1 Å². The molecule has 5 N–H and O–H groups in total. The van der Waals surface area contributed by atoms with Crippen molar-refractivity contribution in [2.75, 3.05) is 13.7 Å². The number of carbonyl (C=O) groups is 6. The average Bonchev–Trinajstić information content (AvgIpc) is 3.06. The number of amides is 1. The normalized spacial score (nSPS) is 25.3. The predicted octanol–water partition coefficient (Wildman–Crippen LogP) is 3.18. The second kappa shape index (κ2) is 16.3. The van der Waals surface area contributed by atoms with Gasteiger partial charge in [0, 0.05) is 55.7 Å². The number of aliphatic hydroxyl groups is 1. The maximum absolute atomic E-state index is 13.8. The van der Waals surface area contributed by atoms with Gasteiger partial charge in [-0.05, 0) is 25.8 Å². The minimum atomic E-state index is -5.20. The number of allylic oxidation sites excluding steroid dienone is 4. The summed E-state index contributed by atoms with van der Waals surface area (Å²) in [6.07, 6.45) is -8.28. The highest BCUT2D eigenvalue weighted by Crippen LogP contribution is 2.51. The number of benzene rings is 1. The number of halogens is 3. The van der Waals surface area contributed by atoms with E-state index in [0.717, 1.165) is 0 Å². The van der Waals surface area contributed by atoms with Crippen LogP contribution < -0.4 is 5.32 Å². The van der Waals surface area contributed by atoms with E-state index in [1.54, 1.807) is 0 Å². The van der Waals surface area contributed by atoms with E-state index in [1.165, 1.54) is 32.3 Å². The molecule has 0 spiro atoms. The van der Waals surface area contributed by atoms with Crippen LogP contribution in [0.5, 0.6) is 11.5 Å². The molecule has 1 amide bonds. The van der Waals surface area contributed by atoms with Crippen molar-refractivity contribution >= 4 is 35.2 Å². The Morgan fingerprint density at radius 1 is 1.09 bits per heavy atom. The number of fused-ring (bicyclic) bond motifs is 2. The van der Waals surface area contributed by atoms with Crippen LogP contribution in [0.2, 0.25) is 0 Å². The maximum atomic E-state index is 13.8. The lowest BCUT2D eigenvalue weighted by Crippen LogP contribution is -2.51. The number of aromatic hydroxyl groups is 2. The van der Waals surface area contributed by atoms with E-state index in [4.69, 9.17) is 24.1 Å². The molecule has 15 nitrogen and oxygen atoms in total. The molecular weight excluding hydrogens is 715 g/mol. The monoisotopic (exact) mass is 753 g/mol. The van der Waals surface area contributed by atoms with Crippen LogP contribution in [0.25, 0.3) is 0 Å². The van der Waals surface area contributed by atoms with Gasteiger partial charge in [0.1, 0.15) is 22.9 Å². The number of rotatable bonds is 11. The first kappa shape index (κ1) is 40.7. The highest BCUT2D eigenvalue weighted by Gasteiger charge is 2.50. The molecule has 0 radical (unpaired) electrons. The molecule has 53 heavy (non-hydrogen) atoms. The van der Waals surface area contributed by atoms with Crippen molar-refractivity contribution < 1.29 is 81.3 Å². The number of carboxylic acids is 1. The van der Waals surface area contributed by atoms with Crippen LogP contribution in [0, 0.1) is 0 Å². The highest BCUT2D eigenvalue weighted by molar-refractivity contribution is 6.20. The number of hydrogen-bond acceptors (Lipinski definition) is 13. The molecule has 1 aliphatic heterocycles. The van der Waals surface area contributed by atoms with E-state index in [2.05, 4.69) is 6.58 Å². The molecule has 0 aromatic heterocycles. The van der Waals surface area contributed by atoms with Crippen molar-refractivity contribution in [1.29, 1.82) is 0 Å². The van der Waals surface area contributed by atoms with Gasteiger partial charge in [0.05, 0.1) is 36.0 Å². The second-order valence-corrected chi connectivity index (χ2v) is 12.8. The lowest BCUT2D eigenvalue weighted by molar-refractivity contribution is -0.228. The fourth-order valence-corrected chi connectivity index (χ4v) is 6.39. The van der Waals surface area contributed by atoms with Gasteiger partial charge in [-0.1, -0.05) is 18.7 Å². The minimum absolute atomic E-state index is 0.0509. The maximum Gasteiger partial charge on any atom is 0.471 e. The van der Waals surface area contributed by atoms with Crippen LogP contribution in [0.3, 0.4) is 0 Å². The number of Topliss-reactive ketones (excluding diaryl/α,β-unsaturated/α-hetero) is 3. The quantitative estimate of drug-likeness (QED) is 0.124. The first-order valence-electron chi connectivity index (χ1n) is 16.4. The first-order valence-corrected chi connectivity index (χ1v) is 16.4. The predicted molar refractivity (Wildman–Crippen MR) is 173 cm³/mol. The zero-order chi connectivity index (χ0) is 39.4. The minimum Gasteiger partial charge on any atom is -0.507 e. The molecule has 18 heteroatoms. The van der Waals surface area contributed by atoms with Gasteiger partial charge < -0.3 is 44.7 Å². The van der Waals surface area contributed by atoms with Crippen LogP contribution in [-0.4, -0.2) is 99.6 Å². The number of methoxy groups -OCH3 is 1. The third kappa shape index (κ3) is 9.30. The number of ketones is 3. The third-order valence-corrected chi connectivity index (χ3v) is 8.93. The summed E-state index contributed by atoms with van der Waals surface area (Å²) in [7, 11) is 1.24. The first-order chi connectivity index (χ1) is 24.8. The average molecular weight is 754 g/mol. The molecule has 0 saturated carbocycles. The summed E-state index contributed by atoms with van der Waals surface area (Å²) in [4.78, 5) is 75.5. The molecular formula is C35H38F3NO14. The Morgan fingerprint density at radius 2 is 1.79 bits per heavy atom. The van der Waals surface area contributed by atoms with Crippen LogP contribution in [0.4, 0.5) is 13.2 Å². The Kier molecular flexibility index (Phi) is 12.5.